The highest BCUT2D eigenvalue weighted by Crippen LogP contribution is 2.24. The fourth-order valence-electron chi connectivity index (χ4n) is 3.46. The van der Waals surface area contributed by atoms with Crippen molar-refractivity contribution in [2.45, 2.75) is 47.5 Å². The lowest BCUT2D eigenvalue weighted by atomic mass is 10.00. The number of aryl methyl sites for hydroxylation is 1. The minimum atomic E-state index is -0.143. The summed E-state index contributed by atoms with van der Waals surface area (Å²) in [7, 11) is 1.76. The summed E-state index contributed by atoms with van der Waals surface area (Å²) in [6.07, 6.45) is 9.81. The molecule has 0 fully saturated rings. The van der Waals surface area contributed by atoms with E-state index in [9.17, 15) is 9.59 Å². The monoisotopic (exact) mass is 502 g/mol. The summed E-state index contributed by atoms with van der Waals surface area (Å²) in [5.41, 5.74) is 4.29. The highest BCUT2D eigenvalue weighted by atomic mass is 32.1. The van der Waals surface area contributed by atoms with E-state index in [0.717, 1.165) is 27.3 Å². The standard InChI is InChI=1S/C28H30N2O2S.C3H8/c1-8-11-20(9-2)26(31)17-27(33)29-22-13-12-19(6)23(16-22)24-15-21(10-3)25(14-18(4)5)30(7)28(24)32;1-3-2/h8-16H,1-2,4,17H2,3,5-7H3,(H,29,33);3H2,1-2H3/b20-11+,21-10-,25-14+;. The number of anilines is 1. The van der Waals surface area contributed by atoms with Crippen LogP contribution >= 0.6 is 12.2 Å². The number of carbonyl (C=O) groups excluding carboxylic acids is 1. The molecule has 0 atom stereocenters. The highest BCUT2D eigenvalue weighted by Gasteiger charge is 2.13. The van der Waals surface area contributed by atoms with Crippen molar-refractivity contribution in [2.24, 2.45) is 7.05 Å². The average Bonchev–Trinajstić information content (AvgIpc) is 2.82. The Morgan fingerprint density at radius 2 is 1.81 bits per heavy atom. The smallest absolute Gasteiger partial charge is 0.258 e. The molecule has 1 N–H and O–H groups in total. The molecule has 1 aromatic carbocycles. The summed E-state index contributed by atoms with van der Waals surface area (Å²) in [5, 5.41) is 4.88. The molecule has 1 heterocycles. The topological polar surface area (TPSA) is 51.1 Å². The van der Waals surface area contributed by atoms with Crippen molar-refractivity contribution in [3.8, 4) is 11.1 Å². The Morgan fingerprint density at radius 1 is 1.17 bits per heavy atom. The van der Waals surface area contributed by atoms with E-state index in [1.165, 1.54) is 12.5 Å². The lowest BCUT2D eigenvalue weighted by Crippen LogP contribution is -2.42. The van der Waals surface area contributed by atoms with Crippen LogP contribution in [0.2, 0.25) is 0 Å². The second-order valence-corrected chi connectivity index (χ2v) is 8.98. The molecule has 0 unspecified atom stereocenters. The van der Waals surface area contributed by atoms with Crippen LogP contribution in [-0.4, -0.2) is 15.3 Å². The second-order valence-electron chi connectivity index (χ2n) is 8.49. The first-order valence-electron chi connectivity index (χ1n) is 12.0. The number of carbonyl (C=O) groups is 1. The molecule has 4 nitrogen and oxygen atoms in total. The number of allylic oxidation sites excluding steroid dienone is 5. The number of ketones is 1. The van der Waals surface area contributed by atoms with Gasteiger partial charge in [0.05, 0.1) is 16.8 Å². The van der Waals surface area contributed by atoms with Crippen LogP contribution in [0.25, 0.3) is 23.3 Å². The van der Waals surface area contributed by atoms with Crippen LogP contribution in [0.3, 0.4) is 0 Å². The molecule has 190 valence electrons. The largest absolute Gasteiger partial charge is 0.350 e. The number of hydrogen-bond donors (Lipinski definition) is 1. The van der Waals surface area contributed by atoms with Crippen LogP contribution in [0.1, 0.15) is 46.1 Å². The number of thiocarbonyl (C=S) groups is 1. The van der Waals surface area contributed by atoms with Gasteiger partial charge in [-0.25, -0.2) is 0 Å². The molecular formula is C31H38N2O2S. The number of Topliss-reactive ketones (excluding diaryl/α,β-unsaturated/α-hetero) is 1. The Bertz CT molecular complexity index is 1370. The van der Waals surface area contributed by atoms with Crippen molar-refractivity contribution >= 4 is 40.8 Å². The molecular weight excluding hydrogens is 464 g/mol. The van der Waals surface area contributed by atoms with Gasteiger partial charge in [-0.3, -0.25) is 9.59 Å². The highest BCUT2D eigenvalue weighted by molar-refractivity contribution is 7.80. The van der Waals surface area contributed by atoms with E-state index >= 15 is 0 Å². The number of nitrogens with one attached hydrogen (secondary N) is 1. The second kappa shape index (κ2) is 14.7. The predicted octanol–water partition coefficient (Wildman–Crippen LogP) is 5.93. The molecule has 0 amide bonds. The normalized spacial score (nSPS) is 11.9. The van der Waals surface area contributed by atoms with E-state index in [1.54, 1.807) is 23.8 Å². The zero-order valence-electron chi connectivity index (χ0n) is 22.4. The summed E-state index contributed by atoms with van der Waals surface area (Å²) in [6, 6.07) is 7.60. The number of rotatable bonds is 8. The van der Waals surface area contributed by atoms with Crippen molar-refractivity contribution in [1.82, 2.24) is 4.57 Å². The summed E-state index contributed by atoms with van der Waals surface area (Å²) in [5.74, 6) is -0.143. The van der Waals surface area contributed by atoms with Gasteiger partial charge in [0.15, 0.2) is 5.78 Å². The number of nitrogens with zero attached hydrogens (tertiary/aromatic N) is 1. The fraction of sp³-hybridized carbons (Fsp3) is 0.258. The van der Waals surface area contributed by atoms with Gasteiger partial charge in [0, 0.05) is 23.9 Å². The van der Waals surface area contributed by atoms with E-state index in [4.69, 9.17) is 12.2 Å². The van der Waals surface area contributed by atoms with Crippen molar-refractivity contribution in [3.05, 3.63) is 99.9 Å². The summed E-state index contributed by atoms with van der Waals surface area (Å²) in [4.78, 5) is 26.0. The zero-order valence-corrected chi connectivity index (χ0v) is 23.2. The van der Waals surface area contributed by atoms with Crippen LogP contribution in [0.4, 0.5) is 5.69 Å². The molecule has 0 aliphatic heterocycles. The first-order valence-corrected chi connectivity index (χ1v) is 12.4. The van der Waals surface area contributed by atoms with Crippen molar-refractivity contribution in [1.29, 1.82) is 0 Å². The van der Waals surface area contributed by atoms with Gasteiger partial charge in [0.1, 0.15) is 0 Å². The molecule has 1 aromatic heterocycles. The number of benzene rings is 1. The van der Waals surface area contributed by atoms with E-state index in [-0.39, 0.29) is 17.8 Å². The third-order valence-electron chi connectivity index (χ3n) is 5.16. The molecule has 2 aromatic rings. The van der Waals surface area contributed by atoms with E-state index in [0.29, 0.717) is 21.8 Å². The first kappa shape index (κ1) is 30.5. The minimum absolute atomic E-state index is 0.0480. The van der Waals surface area contributed by atoms with Gasteiger partial charge < -0.3 is 9.88 Å². The van der Waals surface area contributed by atoms with Crippen LogP contribution in [0, 0.1) is 6.92 Å². The number of hydrogen-bond acceptors (Lipinski definition) is 3. The number of pyridine rings is 1. The van der Waals surface area contributed by atoms with Gasteiger partial charge in [-0.05, 0) is 61.4 Å². The molecule has 0 radical (unpaired) electrons. The average molecular weight is 503 g/mol. The Labute approximate surface area is 220 Å². The predicted molar refractivity (Wildman–Crippen MR) is 161 cm³/mol. The Balaban J connectivity index is 0.00000205. The molecule has 0 saturated carbocycles. The van der Waals surface area contributed by atoms with Gasteiger partial charge in [-0.15, -0.1) is 0 Å². The van der Waals surface area contributed by atoms with Crippen LogP contribution in [-0.2, 0) is 11.8 Å². The number of aromatic nitrogens is 1. The Hall–Kier alpha value is -3.57. The van der Waals surface area contributed by atoms with E-state index < -0.39 is 0 Å². The molecule has 0 saturated heterocycles. The first-order chi connectivity index (χ1) is 17.0. The maximum atomic E-state index is 13.2. The molecule has 36 heavy (non-hydrogen) atoms. The SMILES string of the molecule is C=C/C=C(\C=C)C(=O)CC(=S)Nc1ccc(C)c(-c2cc(=C/C)/c(=C\C(=C)C)n(C)c2=O)c1.CCC. The molecule has 0 spiro atoms. The lowest BCUT2D eigenvalue weighted by molar-refractivity contribution is -0.114. The summed E-state index contributed by atoms with van der Waals surface area (Å²) < 4.78 is 1.64. The van der Waals surface area contributed by atoms with E-state index in [2.05, 4.69) is 38.9 Å². The Morgan fingerprint density at radius 3 is 2.33 bits per heavy atom. The van der Waals surface area contributed by atoms with Crippen molar-refractivity contribution in [3.63, 3.8) is 0 Å². The summed E-state index contributed by atoms with van der Waals surface area (Å²) >= 11 is 5.40. The zero-order chi connectivity index (χ0) is 27.4. The van der Waals surface area contributed by atoms with Gasteiger partial charge >= 0.3 is 0 Å². The van der Waals surface area contributed by atoms with Gasteiger partial charge in [0.2, 0.25) is 0 Å². The van der Waals surface area contributed by atoms with Crippen LogP contribution < -0.4 is 21.4 Å². The van der Waals surface area contributed by atoms with Gasteiger partial charge in [-0.2, -0.15) is 0 Å². The minimum Gasteiger partial charge on any atom is -0.350 e. The van der Waals surface area contributed by atoms with Crippen LogP contribution in [0.5, 0.6) is 0 Å². The molecule has 0 bridgehead atoms. The fourth-order valence-corrected chi connectivity index (χ4v) is 3.71. The maximum absolute atomic E-state index is 13.2. The third-order valence-corrected chi connectivity index (χ3v) is 5.40. The lowest BCUT2D eigenvalue weighted by Gasteiger charge is -2.13. The van der Waals surface area contributed by atoms with Gasteiger partial charge in [0.25, 0.3) is 5.56 Å². The summed E-state index contributed by atoms with van der Waals surface area (Å²) in [6.45, 7) is 21.2. The molecule has 0 aliphatic carbocycles. The molecule has 0 aliphatic rings. The third kappa shape index (κ3) is 8.28. The van der Waals surface area contributed by atoms with Crippen molar-refractivity contribution < 1.29 is 4.79 Å². The molecule has 2 rings (SSSR count). The van der Waals surface area contributed by atoms with E-state index in [1.807, 2.05) is 57.2 Å². The van der Waals surface area contributed by atoms with Gasteiger partial charge in [-0.1, -0.05) is 88.2 Å². The van der Waals surface area contributed by atoms with Crippen LogP contribution in [0.15, 0.2) is 78.2 Å². The molecule has 5 heteroatoms. The quantitative estimate of drug-likeness (QED) is 0.276. The maximum Gasteiger partial charge on any atom is 0.258 e. The Kier molecular flexibility index (Phi) is 12.5. The van der Waals surface area contributed by atoms with Crippen molar-refractivity contribution in [2.75, 3.05) is 5.32 Å².